The number of aryl methyl sites for hydroxylation is 2. The van der Waals surface area contributed by atoms with Crippen molar-refractivity contribution in [3.05, 3.63) is 34.9 Å². The van der Waals surface area contributed by atoms with Crippen molar-refractivity contribution in [2.75, 3.05) is 5.33 Å². The van der Waals surface area contributed by atoms with E-state index >= 15 is 0 Å². The summed E-state index contributed by atoms with van der Waals surface area (Å²) >= 11 is 3.70. The van der Waals surface area contributed by atoms with Crippen LogP contribution in [0.4, 0.5) is 0 Å². The average molecular weight is 281 g/mol. The molecule has 2 rings (SSSR count). The first kappa shape index (κ1) is 12.2. The Labute approximate surface area is 108 Å². The van der Waals surface area contributed by atoms with Gasteiger partial charge < -0.3 is 0 Å². The zero-order valence-electron chi connectivity index (χ0n) is 10.5. The molecule has 1 heteroatoms. The summed E-state index contributed by atoms with van der Waals surface area (Å²) in [5, 5.41) is 1.12. The fourth-order valence-electron chi connectivity index (χ4n) is 2.46. The summed E-state index contributed by atoms with van der Waals surface area (Å²) < 4.78 is 0. The summed E-state index contributed by atoms with van der Waals surface area (Å²) in [5.74, 6) is 0.938. The Bertz CT molecular complexity index is 379. The van der Waals surface area contributed by atoms with E-state index < -0.39 is 0 Å². The first-order valence-electron chi connectivity index (χ1n) is 6.17. The predicted octanol–water partition coefficient (Wildman–Crippen LogP) is 4.66. The van der Waals surface area contributed by atoms with Gasteiger partial charge in [0.05, 0.1) is 0 Å². The molecule has 1 atom stereocenters. The van der Waals surface area contributed by atoms with Gasteiger partial charge in [-0.25, -0.2) is 0 Å². The Kier molecular flexibility index (Phi) is 3.44. The molecule has 1 aliphatic rings. The standard InChI is InChI=1S/C15H21Br/c1-11-4-5-13(8-12(11)2)9-15(3,10-16)14-6-7-14/h4-5,8,14H,6-7,9-10H2,1-3H3. The zero-order chi connectivity index (χ0) is 11.8. The Morgan fingerprint density at radius 1 is 1.25 bits per heavy atom. The summed E-state index contributed by atoms with van der Waals surface area (Å²) in [6.45, 7) is 6.82. The van der Waals surface area contributed by atoms with Crippen molar-refractivity contribution < 1.29 is 0 Å². The van der Waals surface area contributed by atoms with Gasteiger partial charge in [0.2, 0.25) is 0 Å². The van der Waals surface area contributed by atoms with Crippen LogP contribution in [0.2, 0.25) is 0 Å². The maximum atomic E-state index is 3.70. The van der Waals surface area contributed by atoms with Gasteiger partial charge in [-0.05, 0) is 61.1 Å². The van der Waals surface area contributed by atoms with Crippen molar-refractivity contribution >= 4 is 15.9 Å². The number of rotatable bonds is 4. The predicted molar refractivity (Wildman–Crippen MR) is 74.2 cm³/mol. The molecule has 1 fully saturated rings. The summed E-state index contributed by atoms with van der Waals surface area (Å²) in [6.07, 6.45) is 4.06. The van der Waals surface area contributed by atoms with Crippen molar-refractivity contribution in [3.63, 3.8) is 0 Å². The molecule has 0 heterocycles. The number of halogens is 1. The van der Waals surface area contributed by atoms with Gasteiger partial charge in [-0.15, -0.1) is 0 Å². The lowest BCUT2D eigenvalue weighted by molar-refractivity contribution is 0.319. The van der Waals surface area contributed by atoms with Gasteiger partial charge in [-0.1, -0.05) is 41.1 Å². The van der Waals surface area contributed by atoms with E-state index in [2.05, 4.69) is 54.9 Å². The lowest BCUT2D eigenvalue weighted by Gasteiger charge is -2.27. The Hall–Kier alpha value is -0.300. The highest BCUT2D eigenvalue weighted by atomic mass is 79.9. The quantitative estimate of drug-likeness (QED) is 0.704. The van der Waals surface area contributed by atoms with Crippen molar-refractivity contribution in [2.24, 2.45) is 11.3 Å². The highest BCUT2D eigenvalue weighted by molar-refractivity contribution is 9.09. The summed E-state index contributed by atoms with van der Waals surface area (Å²) in [4.78, 5) is 0. The van der Waals surface area contributed by atoms with Crippen LogP contribution in [0.5, 0.6) is 0 Å². The molecule has 16 heavy (non-hydrogen) atoms. The minimum atomic E-state index is 0.460. The summed E-state index contributed by atoms with van der Waals surface area (Å²) in [5.41, 5.74) is 4.78. The molecular weight excluding hydrogens is 260 g/mol. The number of hydrogen-bond donors (Lipinski definition) is 0. The van der Waals surface area contributed by atoms with Gasteiger partial charge in [0.15, 0.2) is 0 Å². The molecule has 0 amide bonds. The van der Waals surface area contributed by atoms with Crippen LogP contribution in [0.25, 0.3) is 0 Å². The maximum absolute atomic E-state index is 3.70. The molecule has 0 bridgehead atoms. The second kappa shape index (κ2) is 4.52. The van der Waals surface area contributed by atoms with Gasteiger partial charge in [0, 0.05) is 5.33 Å². The van der Waals surface area contributed by atoms with Crippen molar-refractivity contribution in [1.29, 1.82) is 0 Å². The molecule has 0 aliphatic heterocycles. The minimum Gasteiger partial charge on any atom is -0.0922 e. The van der Waals surface area contributed by atoms with Crippen LogP contribution in [-0.2, 0) is 6.42 Å². The smallest absolute Gasteiger partial charge is 0.00911 e. The molecule has 0 N–H and O–H groups in total. The molecule has 0 spiro atoms. The zero-order valence-corrected chi connectivity index (χ0v) is 12.1. The number of hydrogen-bond acceptors (Lipinski definition) is 0. The van der Waals surface area contributed by atoms with E-state index in [-0.39, 0.29) is 0 Å². The molecule has 0 nitrogen and oxygen atoms in total. The van der Waals surface area contributed by atoms with Crippen LogP contribution in [-0.4, -0.2) is 5.33 Å². The molecular formula is C15H21Br. The third-order valence-electron chi connectivity index (χ3n) is 4.05. The van der Waals surface area contributed by atoms with E-state index in [0.717, 1.165) is 11.2 Å². The molecule has 1 aromatic carbocycles. The largest absolute Gasteiger partial charge is 0.0922 e. The fraction of sp³-hybridized carbons (Fsp3) is 0.600. The molecule has 0 aromatic heterocycles. The first-order chi connectivity index (χ1) is 7.55. The van der Waals surface area contributed by atoms with E-state index in [4.69, 9.17) is 0 Å². The van der Waals surface area contributed by atoms with Crippen LogP contribution in [0.1, 0.15) is 36.5 Å². The third kappa shape index (κ3) is 2.51. The molecule has 88 valence electrons. The van der Waals surface area contributed by atoms with Crippen LogP contribution in [0.15, 0.2) is 18.2 Å². The van der Waals surface area contributed by atoms with Gasteiger partial charge in [-0.2, -0.15) is 0 Å². The Morgan fingerprint density at radius 3 is 2.44 bits per heavy atom. The van der Waals surface area contributed by atoms with E-state index in [1.165, 1.54) is 36.0 Å². The van der Waals surface area contributed by atoms with Crippen LogP contribution in [0.3, 0.4) is 0 Å². The van der Waals surface area contributed by atoms with Crippen LogP contribution >= 0.6 is 15.9 Å². The molecule has 0 radical (unpaired) electrons. The topological polar surface area (TPSA) is 0 Å². The first-order valence-corrected chi connectivity index (χ1v) is 7.29. The lowest BCUT2D eigenvalue weighted by atomic mass is 9.80. The summed E-state index contributed by atoms with van der Waals surface area (Å²) in [7, 11) is 0. The van der Waals surface area contributed by atoms with E-state index in [1.54, 1.807) is 0 Å². The van der Waals surface area contributed by atoms with E-state index in [0.29, 0.717) is 5.41 Å². The van der Waals surface area contributed by atoms with E-state index in [1.807, 2.05) is 0 Å². The Balaban J connectivity index is 2.15. The van der Waals surface area contributed by atoms with Gasteiger partial charge in [0.25, 0.3) is 0 Å². The van der Waals surface area contributed by atoms with Crippen molar-refractivity contribution in [2.45, 2.75) is 40.0 Å². The van der Waals surface area contributed by atoms with Crippen LogP contribution < -0.4 is 0 Å². The second-order valence-corrected chi connectivity index (χ2v) is 6.22. The highest BCUT2D eigenvalue weighted by Gasteiger charge is 2.40. The molecule has 1 saturated carbocycles. The van der Waals surface area contributed by atoms with Gasteiger partial charge >= 0.3 is 0 Å². The molecule has 0 saturated heterocycles. The van der Waals surface area contributed by atoms with E-state index in [9.17, 15) is 0 Å². The fourth-order valence-corrected chi connectivity index (χ4v) is 3.12. The normalized spacial score (nSPS) is 19.5. The van der Waals surface area contributed by atoms with Crippen LogP contribution in [0, 0.1) is 25.2 Å². The monoisotopic (exact) mass is 280 g/mol. The average Bonchev–Trinajstić information content (AvgIpc) is 3.07. The Morgan fingerprint density at radius 2 is 1.94 bits per heavy atom. The maximum Gasteiger partial charge on any atom is 0.00911 e. The highest BCUT2D eigenvalue weighted by Crippen LogP contribution is 2.48. The molecule has 1 aliphatic carbocycles. The SMILES string of the molecule is Cc1ccc(CC(C)(CBr)C2CC2)cc1C. The van der Waals surface area contributed by atoms with Gasteiger partial charge in [-0.3, -0.25) is 0 Å². The number of alkyl halides is 1. The second-order valence-electron chi connectivity index (χ2n) is 5.66. The molecule has 1 unspecified atom stereocenters. The number of benzene rings is 1. The minimum absolute atomic E-state index is 0.460. The van der Waals surface area contributed by atoms with Crippen molar-refractivity contribution in [3.8, 4) is 0 Å². The lowest BCUT2D eigenvalue weighted by Crippen LogP contribution is -2.24. The third-order valence-corrected chi connectivity index (χ3v) is 5.33. The summed E-state index contributed by atoms with van der Waals surface area (Å²) in [6, 6.07) is 6.91. The van der Waals surface area contributed by atoms with Gasteiger partial charge in [0.1, 0.15) is 0 Å². The van der Waals surface area contributed by atoms with Crippen molar-refractivity contribution in [1.82, 2.24) is 0 Å². The molecule has 1 aromatic rings.